The number of carbonyl (C=O) groups is 3. The molecule has 11 nitrogen and oxygen atoms in total. The number of carbonyl (C=O) groups excluding carboxylic acids is 3. The molecule has 2 aromatic rings. The molecule has 0 aliphatic carbocycles. The Morgan fingerprint density at radius 3 is 2.49 bits per heavy atom. The quantitative estimate of drug-likeness (QED) is 0.212. The Hall–Kier alpha value is -4.39. The first-order chi connectivity index (χ1) is 22.3. The van der Waals surface area contributed by atoms with Crippen molar-refractivity contribution in [1.82, 2.24) is 20.4 Å². The molecular weight excluding hydrogens is 600 g/mol. The van der Waals surface area contributed by atoms with Crippen LogP contribution < -0.4 is 15.4 Å². The van der Waals surface area contributed by atoms with Crippen molar-refractivity contribution < 1.29 is 34.1 Å². The lowest BCUT2D eigenvalue weighted by Crippen LogP contribution is -2.55. The first-order valence-corrected chi connectivity index (χ1v) is 15.6. The zero-order chi connectivity index (χ0) is 34.6. The number of nitrogens with zero attached hydrogens (tertiary/aromatic N) is 2. The SMILES string of the molecule is C#CCN(C)C(=O)CN(C)CCNC(=O)C(C)(C)NC(=O)CCOc1ccc(Cc2cc([C@@H]3OCC(O)CC3O)ccc2C#C)cc1. The summed E-state index contributed by atoms with van der Waals surface area (Å²) in [6.07, 6.45) is 9.83. The van der Waals surface area contributed by atoms with Crippen LogP contribution in [0.5, 0.6) is 5.75 Å². The molecule has 11 heteroatoms. The molecule has 2 aromatic carbocycles. The lowest BCUT2D eigenvalue weighted by Gasteiger charge is -2.31. The van der Waals surface area contributed by atoms with E-state index in [-0.39, 0.29) is 56.9 Å². The molecule has 1 fully saturated rings. The molecule has 0 aromatic heterocycles. The number of benzene rings is 2. The summed E-state index contributed by atoms with van der Waals surface area (Å²) < 4.78 is 11.5. The predicted octanol–water partition coefficient (Wildman–Crippen LogP) is 1.25. The van der Waals surface area contributed by atoms with Gasteiger partial charge in [0.25, 0.3) is 0 Å². The van der Waals surface area contributed by atoms with Gasteiger partial charge in [-0.15, -0.1) is 12.8 Å². The van der Waals surface area contributed by atoms with Gasteiger partial charge in [0.2, 0.25) is 17.7 Å². The van der Waals surface area contributed by atoms with Gasteiger partial charge in [-0.2, -0.15) is 0 Å². The number of amides is 3. The number of nitrogens with one attached hydrogen (secondary N) is 2. The van der Waals surface area contributed by atoms with Crippen LogP contribution in [0, 0.1) is 24.7 Å². The topological polar surface area (TPSA) is 141 Å². The fourth-order valence-corrected chi connectivity index (χ4v) is 5.08. The molecule has 3 amide bonds. The maximum absolute atomic E-state index is 12.7. The molecule has 47 heavy (non-hydrogen) atoms. The van der Waals surface area contributed by atoms with Gasteiger partial charge in [0.05, 0.1) is 44.9 Å². The third-order valence-electron chi connectivity index (χ3n) is 7.82. The number of hydrogen-bond donors (Lipinski definition) is 4. The van der Waals surface area contributed by atoms with E-state index in [1.165, 1.54) is 4.90 Å². The van der Waals surface area contributed by atoms with Crippen LogP contribution in [0.1, 0.15) is 55.0 Å². The minimum Gasteiger partial charge on any atom is -0.493 e. The van der Waals surface area contributed by atoms with E-state index in [4.69, 9.17) is 22.3 Å². The van der Waals surface area contributed by atoms with E-state index < -0.39 is 23.9 Å². The molecule has 1 heterocycles. The second-order valence-corrected chi connectivity index (χ2v) is 12.3. The van der Waals surface area contributed by atoms with E-state index in [1.54, 1.807) is 32.8 Å². The van der Waals surface area contributed by atoms with Crippen molar-refractivity contribution in [2.45, 2.75) is 57.0 Å². The number of hydrogen-bond acceptors (Lipinski definition) is 8. The molecule has 0 bridgehead atoms. The van der Waals surface area contributed by atoms with Gasteiger partial charge in [0, 0.05) is 32.1 Å². The highest BCUT2D eigenvalue weighted by molar-refractivity contribution is 5.90. The van der Waals surface area contributed by atoms with Crippen LogP contribution in [0.15, 0.2) is 42.5 Å². The zero-order valence-electron chi connectivity index (χ0n) is 27.6. The molecule has 252 valence electrons. The van der Waals surface area contributed by atoms with Crippen LogP contribution in [0.4, 0.5) is 0 Å². The molecule has 3 rings (SSSR count). The van der Waals surface area contributed by atoms with Gasteiger partial charge in [-0.05, 0) is 62.2 Å². The van der Waals surface area contributed by atoms with Crippen molar-refractivity contribution in [2.24, 2.45) is 0 Å². The van der Waals surface area contributed by atoms with Crippen molar-refractivity contribution in [3.8, 4) is 30.4 Å². The Labute approximate surface area is 277 Å². The van der Waals surface area contributed by atoms with Crippen molar-refractivity contribution in [3.63, 3.8) is 0 Å². The maximum atomic E-state index is 12.7. The average molecular weight is 647 g/mol. The number of aliphatic hydroxyl groups excluding tert-OH is 2. The highest BCUT2D eigenvalue weighted by Crippen LogP contribution is 2.30. The average Bonchev–Trinajstić information content (AvgIpc) is 3.01. The lowest BCUT2D eigenvalue weighted by molar-refractivity contribution is -0.132. The molecule has 1 aliphatic rings. The smallest absolute Gasteiger partial charge is 0.245 e. The molecule has 0 saturated carbocycles. The largest absolute Gasteiger partial charge is 0.493 e. The van der Waals surface area contributed by atoms with Crippen molar-refractivity contribution >= 4 is 17.7 Å². The molecule has 1 saturated heterocycles. The molecular formula is C36H46N4O7. The summed E-state index contributed by atoms with van der Waals surface area (Å²) in [6, 6.07) is 13.1. The van der Waals surface area contributed by atoms with Crippen molar-refractivity contribution in [1.29, 1.82) is 0 Å². The fourth-order valence-electron chi connectivity index (χ4n) is 5.08. The summed E-state index contributed by atoms with van der Waals surface area (Å²) in [4.78, 5) is 40.6. The first kappa shape index (κ1) is 37.1. The number of rotatable bonds is 15. The first-order valence-electron chi connectivity index (χ1n) is 15.6. The molecule has 0 spiro atoms. The van der Waals surface area contributed by atoms with Crippen LogP contribution in [-0.2, 0) is 25.5 Å². The van der Waals surface area contributed by atoms with Crippen LogP contribution in [0.25, 0.3) is 0 Å². The van der Waals surface area contributed by atoms with E-state index in [1.807, 2.05) is 42.5 Å². The summed E-state index contributed by atoms with van der Waals surface area (Å²) in [6.45, 7) is 4.69. The van der Waals surface area contributed by atoms with Crippen molar-refractivity contribution in [2.75, 3.05) is 53.5 Å². The van der Waals surface area contributed by atoms with E-state index in [0.29, 0.717) is 25.3 Å². The minimum absolute atomic E-state index is 0.0545. The standard InChI is InChI=1S/C36H46N4O7/c1-7-17-40(6)33(44)23-39(5)18-16-37-35(45)36(3,4)38-32(43)15-19-46-30-13-9-25(10-14-30)20-28-21-27(12-11-26(28)8-2)34-31(42)22-29(41)24-47-34/h1-2,9-14,21,29,31,34,41-42H,15-20,22-24H2,3-6H3,(H,37,45)(H,38,43)/t29?,31?,34-/m0/s1. The van der Waals surface area contributed by atoms with Crippen LogP contribution >= 0.6 is 0 Å². The van der Waals surface area contributed by atoms with Gasteiger partial charge >= 0.3 is 0 Å². The summed E-state index contributed by atoms with van der Waals surface area (Å²) in [7, 11) is 3.41. The summed E-state index contributed by atoms with van der Waals surface area (Å²) in [5.41, 5.74) is 2.31. The number of ether oxygens (including phenoxy) is 2. The Bertz CT molecular complexity index is 1460. The normalized spacial score (nSPS) is 17.7. The highest BCUT2D eigenvalue weighted by Gasteiger charge is 2.31. The minimum atomic E-state index is -1.14. The fraction of sp³-hybridized carbons (Fsp3) is 0.472. The van der Waals surface area contributed by atoms with E-state index in [0.717, 1.165) is 22.3 Å². The van der Waals surface area contributed by atoms with Crippen molar-refractivity contribution in [3.05, 3.63) is 64.7 Å². The van der Waals surface area contributed by atoms with E-state index >= 15 is 0 Å². The third-order valence-corrected chi connectivity index (χ3v) is 7.82. The molecule has 4 N–H and O–H groups in total. The van der Waals surface area contributed by atoms with Crippen LogP contribution in [0.2, 0.25) is 0 Å². The Morgan fingerprint density at radius 1 is 1.11 bits per heavy atom. The maximum Gasteiger partial charge on any atom is 0.245 e. The van der Waals surface area contributed by atoms with Gasteiger partial charge in [0.1, 0.15) is 17.4 Å². The molecule has 3 atom stereocenters. The lowest BCUT2D eigenvalue weighted by atomic mass is 9.92. The predicted molar refractivity (Wildman–Crippen MR) is 178 cm³/mol. The van der Waals surface area contributed by atoms with Crippen LogP contribution in [-0.4, -0.2) is 109 Å². The number of likely N-dealkylation sites (N-methyl/N-ethyl adjacent to an activating group) is 2. The second-order valence-electron chi connectivity index (χ2n) is 12.3. The van der Waals surface area contributed by atoms with Gasteiger partial charge < -0.3 is 35.2 Å². The third kappa shape index (κ3) is 11.4. The number of terminal acetylenes is 2. The molecule has 0 radical (unpaired) electrons. The second kappa shape index (κ2) is 17.5. The van der Waals surface area contributed by atoms with E-state index in [9.17, 15) is 24.6 Å². The van der Waals surface area contributed by atoms with Gasteiger partial charge in [-0.1, -0.05) is 36.1 Å². The Balaban J connectivity index is 1.43. The Morgan fingerprint density at radius 2 is 1.83 bits per heavy atom. The molecule has 2 unspecified atom stereocenters. The highest BCUT2D eigenvalue weighted by atomic mass is 16.5. The summed E-state index contributed by atoms with van der Waals surface area (Å²) in [5.74, 6) is 4.95. The molecule has 1 aliphatic heterocycles. The van der Waals surface area contributed by atoms with Gasteiger partial charge in [-0.3, -0.25) is 19.3 Å². The zero-order valence-corrected chi connectivity index (χ0v) is 27.6. The summed E-state index contributed by atoms with van der Waals surface area (Å²) >= 11 is 0. The summed E-state index contributed by atoms with van der Waals surface area (Å²) in [5, 5.41) is 25.7. The Kier molecular flexibility index (Phi) is 13.8. The monoisotopic (exact) mass is 646 g/mol. The van der Waals surface area contributed by atoms with Crippen LogP contribution in [0.3, 0.4) is 0 Å². The van der Waals surface area contributed by atoms with Gasteiger partial charge in [0.15, 0.2) is 0 Å². The van der Waals surface area contributed by atoms with E-state index in [2.05, 4.69) is 22.5 Å². The van der Waals surface area contributed by atoms with Gasteiger partial charge in [-0.25, -0.2) is 0 Å². The number of aliphatic hydroxyl groups is 2.